The molecule has 0 N–H and O–H groups in total. The number of nitrogens with zero attached hydrogens (tertiary/aromatic N) is 4. The summed E-state index contributed by atoms with van der Waals surface area (Å²) in [5.74, 6) is 1.78. The molecule has 4 heterocycles. The Kier molecular flexibility index (Phi) is 13.9. The Balaban J connectivity index is 0.968. The summed E-state index contributed by atoms with van der Waals surface area (Å²) in [5, 5.41) is -0.00254. The van der Waals surface area contributed by atoms with Crippen molar-refractivity contribution in [3.05, 3.63) is 326 Å². The Morgan fingerprint density at radius 1 is 0.394 bits per heavy atom. The van der Waals surface area contributed by atoms with E-state index in [0.29, 0.717) is 0 Å². The summed E-state index contributed by atoms with van der Waals surface area (Å²) in [6.07, 6.45) is 5.44. The van der Waals surface area contributed by atoms with Crippen molar-refractivity contribution >= 4 is 110 Å². The van der Waals surface area contributed by atoms with Crippen molar-refractivity contribution in [2.75, 3.05) is 19.6 Å². The van der Waals surface area contributed by atoms with Gasteiger partial charge < -0.3 is 24.3 Å². The van der Waals surface area contributed by atoms with Gasteiger partial charge in [-0.1, -0.05) is 242 Å². The van der Waals surface area contributed by atoms with E-state index >= 15 is 0 Å². The molecular weight excluding hydrogens is 1160 g/mol. The van der Waals surface area contributed by atoms with Gasteiger partial charge in [0.1, 0.15) is 11.5 Å². The summed E-state index contributed by atoms with van der Waals surface area (Å²) in [7, 11) is 0. The molecule has 452 valence electrons. The largest absolute Gasteiger partial charge is 0.458 e. The number of rotatable bonds is 10. The highest BCUT2D eigenvalue weighted by molar-refractivity contribution is 8.00. The zero-order valence-electron chi connectivity index (χ0n) is 53.8. The first-order chi connectivity index (χ1) is 45.9. The Bertz CT molecular complexity index is 4800. The van der Waals surface area contributed by atoms with E-state index in [-0.39, 0.29) is 35.3 Å². The second-order valence-corrected chi connectivity index (χ2v) is 28.8. The molecule has 17 rings (SSSR count). The lowest BCUT2D eigenvalue weighted by atomic mass is 9.28. The van der Waals surface area contributed by atoms with Crippen LogP contribution in [0.15, 0.2) is 319 Å². The van der Waals surface area contributed by atoms with Gasteiger partial charge >= 0.3 is 0 Å². The predicted octanol–water partition coefficient (Wildman–Crippen LogP) is 20.7. The second kappa shape index (κ2) is 22.7. The van der Waals surface area contributed by atoms with E-state index in [4.69, 9.17) is 4.74 Å². The number of hydrogen-bond donors (Lipinski definition) is 0. The molecule has 2 unspecified atom stereocenters. The van der Waals surface area contributed by atoms with Crippen LogP contribution in [-0.2, 0) is 10.8 Å². The van der Waals surface area contributed by atoms with E-state index in [2.05, 4.69) is 364 Å². The van der Waals surface area contributed by atoms with E-state index in [1.807, 2.05) is 11.8 Å². The lowest BCUT2D eigenvalue weighted by Crippen LogP contribution is -2.59. The van der Waals surface area contributed by atoms with Crippen LogP contribution in [0.3, 0.4) is 0 Å². The quantitative estimate of drug-likeness (QED) is 0.126. The molecule has 0 radical (unpaired) electrons. The third kappa shape index (κ3) is 9.71. The second-order valence-electron chi connectivity index (χ2n) is 27.6. The van der Waals surface area contributed by atoms with Crippen LogP contribution in [0.2, 0.25) is 5.82 Å². The van der Waals surface area contributed by atoms with Gasteiger partial charge in [-0.3, -0.25) is 0 Å². The average Bonchev–Trinajstić information content (AvgIpc) is 0.692. The highest BCUT2D eigenvalue weighted by atomic mass is 32.2. The lowest BCUT2D eigenvalue weighted by molar-refractivity contribution is 0.487. The molecule has 1 aliphatic carbocycles. The molecule has 0 fully saturated rings. The van der Waals surface area contributed by atoms with Crippen LogP contribution < -0.4 is 46.2 Å². The van der Waals surface area contributed by atoms with E-state index in [1.54, 1.807) is 0 Å². The van der Waals surface area contributed by atoms with Crippen LogP contribution in [0, 0.1) is 0 Å². The summed E-state index contributed by atoms with van der Waals surface area (Å²) in [6.45, 7) is 13.7. The molecule has 94 heavy (non-hydrogen) atoms. The standard InChI is InChI=1S/C86H70B2N4OS/c1-85(2,3)59-47-43-57(44-48-59)68-37-26-38-69(58-45-49-60(50-46-58)86(4,5)6)84(68)92-75-56-80-73(55-72(75)88-71-40-23-25-42-78(71)93-79-53-66(51-76(92)82(79)88)89(61-27-12-7-13-28-61)62-29-14-8-15-30-62)87-70-39-22-24-41-74(70)91(65-35-20-11-21-36-65)77-52-67(54-81(94-80)83(77)87)90(63-31-16-9-17-32-63)64-33-18-10-19-34-64/h7-56,73,80H,1-6H3. The topological polar surface area (TPSA) is 22.2 Å². The molecule has 8 heteroatoms. The van der Waals surface area contributed by atoms with Crippen LogP contribution in [0.4, 0.5) is 62.6 Å². The minimum Gasteiger partial charge on any atom is -0.458 e. The first-order valence-electron chi connectivity index (χ1n) is 33.0. The van der Waals surface area contributed by atoms with Gasteiger partial charge in [-0.25, -0.2) is 0 Å². The smallest absolute Gasteiger partial charge is 0.255 e. The van der Waals surface area contributed by atoms with Crippen LogP contribution in [-0.4, -0.2) is 18.7 Å². The van der Waals surface area contributed by atoms with Crippen molar-refractivity contribution in [2.24, 2.45) is 0 Å². The Morgan fingerprint density at radius 3 is 1.39 bits per heavy atom. The van der Waals surface area contributed by atoms with Crippen molar-refractivity contribution in [3.8, 4) is 33.8 Å². The maximum Gasteiger partial charge on any atom is 0.255 e. The van der Waals surface area contributed by atoms with Crippen molar-refractivity contribution in [1.29, 1.82) is 0 Å². The molecule has 4 aliphatic heterocycles. The number of benzene rings is 12. The molecule has 0 bridgehead atoms. The molecule has 5 nitrogen and oxygen atoms in total. The number of thioether (sulfide) groups is 1. The Morgan fingerprint density at radius 2 is 0.862 bits per heavy atom. The minimum atomic E-state index is -0.166. The van der Waals surface area contributed by atoms with Gasteiger partial charge in [0.05, 0.1) is 11.4 Å². The average molecular weight is 1230 g/mol. The first-order valence-corrected chi connectivity index (χ1v) is 33.9. The molecule has 12 aromatic rings. The maximum atomic E-state index is 7.47. The number of anilines is 11. The van der Waals surface area contributed by atoms with E-state index in [1.165, 1.54) is 55.0 Å². The number of fused-ring (bicyclic) bond motifs is 8. The molecule has 2 atom stereocenters. The molecule has 0 spiro atoms. The summed E-state index contributed by atoms with van der Waals surface area (Å²) in [5.41, 5.74) is 26.8. The zero-order valence-corrected chi connectivity index (χ0v) is 54.6. The van der Waals surface area contributed by atoms with E-state index < -0.39 is 0 Å². The Hall–Kier alpha value is -10.4. The van der Waals surface area contributed by atoms with Crippen LogP contribution in [0.25, 0.3) is 22.3 Å². The first kappa shape index (κ1) is 57.5. The molecule has 5 aliphatic rings. The van der Waals surface area contributed by atoms with Crippen molar-refractivity contribution in [3.63, 3.8) is 0 Å². The monoisotopic (exact) mass is 1230 g/mol. The SMILES string of the molecule is CC(C)(C)c1ccc(-c2cccc(-c3ccc(C(C)(C)C)cc3)c2N2C3=CC4Sc5cc(N(c6ccccc6)c6ccccc6)cc6c5B(c5ccccc5N6c5ccccc5)C4C=C3B3c4ccccc4Oc4cc(N(c5ccccc5)c5ccccc5)cc2c43)cc1. The summed E-state index contributed by atoms with van der Waals surface area (Å²) in [6, 6.07) is 108. The number of hydrogen-bond acceptors (Lipinski definition) is 6. The van der Waals surface area contributed by atoms with Gasteiger partial charge in [0.2, 0.25) is 6.71 Å². The van der Waals surface area contributed by atoms with Crippen LogP contribution in [0.5, 0.6) is 11.5 Å². The summed E-state index contributed by atoms with van der Waals surface area (Å²) in [4.78, 5) is 11.3. The van der Waals surface area contributed by atoms with Crippen molar-refractivity contribution in [1.82, 2.24) is 0 Å². The molecular formula is C86H70B2N4OS. The van der Waals surface area contributed by atoms with Gasteiger partial charge in [-0.2, -0.15) is 0 Å². The predicted molar refractivity (Wildman–Crippen MR) is 400 cm³/mol. The van der Waals surface area contributed by atoms with E-state index in [0.717, 1.165) is 90.4 Å². The van der Waals surface area contributed by atoms with Gasteiger partial charge in [0.25, 0.3) is 6.71 Å². The lowest BCUT2D eigenvalue weighted by Gasteiger charge is -2.49. The zero-order chi connectivity index (χ0) is 63.4. The van der Waals surface area contributed by atoms with Gasteiger partial charge in [0.15, 0.2) is 0 Å². The summed E-state index contributed by atoms with van der Waals surface area (Å²) < 4.78 is 7.47. The maximum absolute atomic E-state index is 7.47. The highest BCUT2D eigenvalue weighted by Gasteiger charge is 2.52. The molecule has 0 saturated carbocycles. The van der Waals surface area contributed by atoms with Crippen LogP contribution in [0.1, 0.15) is 52.7 Å². The summed E-state index contributed by atoms with van der Waals surface area (Å²) >= 11 is 2.03. The normalized spacial score (nSPS) is 15.6. The third-order valence-corrected chi connectivity index (χ3v) is 21.1. The third-order valence-electron chi connectivity index (χ3n) is 19.8. The minimum absolute atomic E-state index is 0.00254. The molecule has 12 aromatic carbocycles. The molecule has 0 amide bonds. The van der Waals surface area contributed by atoms with Crippen LogP contribution >= 0.6 is 11.8 Å². The Labute approximate surface area is 558 Å². The molecule has 0 saturated heterocycles. The molecule has 0 aromatic heterocycles. The van der Waals surface area contributed by atoms with Crippen molar-refractivity contribution in [2.45, 2.75) is 68.3 Å². The number of allylic oxidation sites excluding steroid dienone is 2. The highest BCUT2D eigenvalue weighted by Crippen LogP contribution is 2.57. The van der Waals surface area contributed by atoms with Gasteiger partial charge in [-0.05, 0) is 163 Å². The van der Waals surface area contributed by atoms with Crippen molar-refractivity contribution < 1.29 is 4.74 Å². The number of ether oxygens (including phenoxy) is 1. The fourth-order valence-corrected chi connectivity index (χ4v) is 16.8. The van der Waals surface area contributed by atoms with Gasteiger partial charge in [0, 0.05) is 84.2 Å². The fourth-order valence-electron chi connectivity index (χ4n) is 15.4. The van der Waals surface area contributed by atoms with E-state index in [9.17, 15) is 0 Å². The fraction of sp³-hybridized carbons (Fsp3) is 0.116. The number of para-hydroxylation sites is 8. The van der Waals surface area contributed by atoms with Gasteiger partial charge in [-0.15, -0.1) is 11.8 Å².